The summed E-state index contributed by atoms with van der Waals surface area (Å²) in [5, 5.41) is 14.5. The topological polar surface area (TPSA) is 107 Å². The highest BCUT2D eigenvalue weighted by Gasteiger charge is 2.24. The SMILES string of the molecule is CCn1c(SC(C)C(=O)Nc2cc([N+](=O)[O-])ccc2Cl)nc2sc3c(c2c1=O)CCCC3. The number of hydrogen-bond acceptors (Lipinski definition) is 7. The number of thioether (sulfide) groups is 1. The molecule has 0 saturated heterocycles. The maximum Gasteiger partial charge on any atom is 0.271 e. The van der Waals surface area contributed by atoms with Crippen molar-refractivity contribution < 1.29 is 9.72 Å². The van der Waals surface area contributed by atoms with E-state index in [9.17, 15) is 19.7 Å². The van der Waals surface area contributed by atoms with Crippen molar-refractivity contribution in [3.05, 3.63) is 54.1 Å². The molecule has 4 rings (SSSR count). The molecule has 8 nitrogen and oxygen atoms in total. The Morgan fingerprint density at radius 1 is 1.41 bits per heavy atom. The van der Waals surface area contributed by atoms with Crippen LogP contribution >= 0.6 is 34.7 Å². The summed E-state index contributed by atoms with van der Waals surface area (Å²) in [6.45, 7) is 4.02. The predicted molar refractivity (Wildman–Crippen MR) is 128 cm³/mol. The van der Waals surface area contributed by atoms with Gasteiger partial charge in [-0.1, -0.05) is 23.4 Å². The molecule has 2 heterocycles. The van der Waals surface area contributed by atoms with Crippen LogP contribution in [0, 0.1) is 10.1 Å². The first-order valence-electron chi connectivity index (χ1n) is 10.3. The van der Waals surface area contributed by atoms with Gasteiger partial charge in [0, 0.05) is 23.6 Å². The van der Waals surface area contributed by atoms with E-state index in [4.69, 9.17) is 16.6 Å². The number of amides is 1. The lowest BCUT2D eigenvalue weighted by molar-refractivity contribution is -0.384. The van der Waals surface area contributed by atoms with Gasteiger partial charge in [0.05, 0.1) is 26.3 Å². The van der Waals surface area contributed by atoms with Crippen LogP contribution in [0.3, 0.4) is 0 Å². The van der Waals surface area contributed by atoms with Crippen molar-refractivity contribution in [1.29, 1.82) is 0 Å². The van der Waals surface area contributed by atoms with Gasteiger partial charge in [-0.05, 0) is 51.2 Å². The molecule has 0 fully saturated rings. The Hall–Kier alpha value is -2.43. The van der Waals surface area contributed by atoms with E-state index in [1.807, 2.05) is 6.92 Å². The zero-order valence-electron chi connectivity index (χ0n) is 17.5. The number of anilines is 1. The zero-order chi connectivity index (χ0) is 23.0. The normalized spacial score (nSPS) is 14.2. The van der Waals surface area contributed by atoms with Crippen molar-refractivity contribution in [3.8, 4) is 0 Å². The number of benzene rings is 1. The summed E-state index contributed by atoms with van der Waals surface area (Å²) in [6.07, 6.45) is 4.09. The molecule has 0 aliphatic heterocycles. The second kappa shape index (κ2) is 9.21. The summed E-state index contributed by atoms with van der Waals surface area (Å²) in [4.78, 5) is 43.2. The number of fused-ring (bicyclic) bond motifs is 3. The third-order valence-electron chi connectivity index (χ3n) is 5.43. The van der Waals surface area contributed by atoms with Gasteiger partial charge in [0.25, 0.3) is 11.2 Å². The summed E-state index contributed by atoms with van der Waals surface area (Å²) in [5.41, 5.74) is 1.08. The van der Waals surface area contributed by atoms with Crippen molar-refractivity contribution in [2.75, 3.05) is 5.32 Å². The van der Waals surface area contributed by atoms with Crippen molar-refractivity contribution >= 4 is 62.2 Å². The van der Waals surface area contributed by atoms with Crippen LogP contribution in [0.4, 0.5) is 11.4 Å². The number of carbonyl (C=O) groups excluding carboxylic acids is 1. The Morgan fingerprint density at radius 3 is 2.88 bits per heavy atom. The van der Waals surface area contributed by atoms with Gasteiger partial charge >= 0.3 is 0 Å². The monoisotopic (exact) mass is 492 g/mol. The number of nitrogens with zero attached hydrogens (tertiary/aromatic N) is 3. The minimum atomic E-state index is -0.609. The summed E-state index contributed by atoms with van der Waals surface area (Å²) >= 11 is 8.85. The van der Waals surface area contributed by atoms with E-state index in [1.165, 1.54) is 34.8 Å². The maximum absolute atomic E-state index is 13.2. The number of aromatic nitrogens is 2. The number of rotatable bonds is 6. The lowest BCUT2D eigenvalue weighted by atomic mass is 9.97. The summed E-state index contributed by atoms with van der Waals surface area (Å²) in [7, 11) is 0. The molecule has 3 aromatic rings. The molecule has 168 valence electrons. The van der Waals surface area contributed by atoms with Crippen molar-refractivity contribution in [3.63, 3.8) is 0 Å². The van der Waals surface area contributed by atoms with Gasteiger partial charge in [0.2, 0.25) is 5.91 Å². The number of nitrogens with one attached hydrogen (secondary N) is 1. The molecule has 0 bridgehead atoms. The number of nitro benzene ring substituents is 1. The van der Waals surface area contributed by atoms with Crippen LogP contribution in [0.5, 0.6) is 0 Å². The standard InChI is InChI=1S/C21H21ClN4O4S2/c1-3-25-20(28)17-13-6-4-5-7-16(13)32-19(17)24-21(25)31-11(2)18(27)23-15-10-12(26(29)30)8-9-14(15)22/h8-11H,3-7H2,1-2H3,(H,23,27). The summed E-state index contributed by atoms with van der Waals surface area (Å²) in [6, 6.07) is 3.87. The van der Waals surface area contributed by atoms with Gasteiger partial charge in [-0.2, -0.15) is 0 Å². The quantitative estimate of drug-likeness (QED) is 0.223. The number of carbonyl (C=O) groups is 1. The Kier molecular flexibility index (Phi) is 6.55. The summed E-state index contributed by atoms with van der Waals surface area (Å²) in [5.74, 6) is -0.389. The molecule has 2 aromatic heterocycles. The number of thiophene rings is 1. The van der Waals surface area contributed by atoms with Crippen molar-refractivity contribution in [2.45, 2.75) is 56.5 Å². The first-order chi connectivity index (χ1) is 15.3. The fraction of sp³-hybridized carbons (Fsp3) is 0.381. The molecule has 0 spiro atoms. The van der Waals surface area contributed by atoms with Gasteiger partial charge in [-0.3, -0.25) is 24.3 Å². The second-order valence-electron chi connectivity index (χ2n) is 7.51. The first-order valence-corrected chi connectivity index (χ1v) is 12.3. The molecular weight excluding hydrogens is 472 g/mol. The van der Waals surface area contributed by atoms with Crippen LogP contribution < -0.4 is 10.9 Å². The highest BCUT2D eigenvalue weighted by Crippen LogP contribution is 2.35. The smallest absolute Gasteiger partial charge is 0.271 e. The fourth-order valence-electron chi connectivity index (χ4n) is 3.76. The number of hydrogen-bond donors (Lipinski definition) is 1. The highest BCUT2D eigenvalue weighted by atomic mass is 35.5. The lowest BCUT2D eigenvalue weighted by Crippen LogP contribution is -2.27. The van der Waals surface area contributed by atoms with Crippen molar-refractivity contribution in [2.24, 2.45) is 0 Å². The van der Waals surface area contributed by atoms with Crippen molar-refractivity contribution in [1.82, 2.24) is 9.55 Å². The molecule has 0 saturated carbocycles. The molecule has 1 aliphatic rings. The number of halogens is 1. The summed E-state index contributed by atoms with van der Waals surface area (Å²) < 4.78 is 1.61. The first kappa shape index (κ1) is 22.8. The average Bonchev–Trinajstić information content (AvgIpc) is 3.13. The molecule has 1 N–H and O–H groups in total. The average molecular weight is 493 g/mol. The predicted octanol–water partition coefficient (Wildman–Crippen LogP) is 5.04. The third-order valence-corrected chi connectivity index (χ3v) is 8.03. The minimum Gasteiger partial charge on any atom is -0.324 e. The molecular formula is C21H21ClN4O4S2. The molecule has 1 unspecified atom stereocenters. The molecule has 32 heavy (non-hydrogen) atoms. The largest absolute Gasteiger partial charge is 0.324 e. The lowest BCUT2D eigenvalue weighted by Gasteiger charge is -2.15. The van der Waals surface area contributed by atoms with Crippen LogP contribution in [0.2, 0.25) is 5.02 Å². The maximum atomic E-state index is 13.2. The van der Waals surface area contributed by atoms with Crippen LogP contribution in [0.1, 0.15) is 37.1 Å². The van der Waals surface area contributed by atoms with E-state index in [2.05, 4.69) is 5.32 Å². The van der Waals surface area contributed by atoms with E-state index in [1.54, 1.807) is 22.8 Å². The van der Waals surface area contributed by atoms with Gasteiger partial charge in [0.1, 0.15) is 4.83 Å². The number of non-ortho nitro benzene ring substituents is 1. The van der Waals surface area contributed by atoms with Crippen LogP contribution in [-0.2, 0) is 24.2 Å². The molecule has 1 amide bonds. The number of nitro groups is 1. The Bertz CT molecular complexity index is 1290. The van der Waals surface area contributed by atoms with Gasteiger partial charge < -0.3 is 5.32 Å². The highest BCUT2D eigenvalue weighted by molar-refractivity contribution is 8.00. The molecule has 1 aromatic carbocycles. The van der Waals surface area contributed by atoms with E-state index in [0.717, 1.165) is 41.5 Å². The van der Waals surface area contributed by atoms with Crippen LogP contribution in [-0.4, -0.2) is 25.6 Å². The second-order valence-corrected chi connectivity index (χ2v) is 10.3. The molecule has 1 aliphatic carbocycles. The Morgan fingerprint density at radius 2 is 2.16 bits per heavy atom. The Labute approximate surface area is 197 Å². The minimum absolute atomic E-state index is 0.0614. The van der Waals surface area contributed by atoms with E-state index < -0.39 is 10.2 Å². The molecule has 1 atom stereocenters. The van der Waals surface area contributed by atoms with Gasteiger partial charge in [0.15, 0.2) is 5.16 Å². The van der Waals surface area contributed by atoms with Gasteiger partial charge in [-0.15, -0.1) is 11.3 Å². The van der Waals surface area contributed by atoms with E-state index in [-0.39, 0.29) is 27.9 Å². The van der Waals surface area contributed by atoms with E-state index >= 15 is 0 Å². The number of aryl methyl sites for hydroxylation is 2. The van der Waals surface area contributed by atoms with E-state index in [0.29, 0.717) is 11.7 Å². The molecule has 0 radical (unpaired) electrons. The fourth-order valence-corrected chi connectivity index (χ4v) is 6.20. The van der Waals surface area contributed by atoms with Gasteiger partial charge in [-0.25, -0.2) is 4.98 Å². The Balaban J connectivity index is 1.61. The molecule has 11 heteroatoms. The third kappa shape index (κ3) is 4.26. The zero-order valence-corrected chi connectivity index (χ0v) is 19.9. The van der Waals surface area contributed by atoms with Crippen LogP contribution in [0.25, 0.3) is 10.2 Å². The van der Waals surface area contributed by atoms with Crippen LogP contribution in [0.15, 0.2) is 28.2 Å².